The number of nitrogens with zero attached hydrogens (tertiary/aromatic N) is 4. The van der Waals surface area contributed by atoms with Crippen molar-refractivity contribution in [2.45, 2.75) is 45.4 Å². The van der Waals surface area contributed by atoms with Gasteiger partial charge in [-0.05, 0) is 69.7 Å². The molecule has 30 heavy (non-hydrogen) atoms. The Morgan fingerprint density at radius 3 is 2.40 bits per heavy atom. The number of amides is 1. The number of imidazole rings is 1. The largest absolute Gasteiger partial charge is 0.372 e. The summed E-state index contributed by atoms with van der Waals surface area (Å²) < 4.78 is 2.10. The first-order chi connectivity index (χ1) is 14.7. The van der Waals surface area contributed by atoms with Gasteiger partial charge >= 0.3 is 0 Å². The number of carbonyl (C=O) groups is 1. The van der Waals surface area contributed by atoms with E-state index in [2.05, 4.69) is 40.5 Å². The molecular weight excluding hydrogens is 372 g/mol. The maximum Gasteiger partial charge on any atom is 0.255 e. The van der Waals surface area contributed by atoms with E-state index in [-0.39, 0.29) is 5.91 Å². The third-order valence-electron chi connectivity index (χ3n) is 6.52. The van der Waals surface area contributed by atoms with Crippen LogP contribution in [0.4, 0.5) is 5.69 Å². The molecule has 2 aromatic heterocycles. The Hall–Kier alpha value is -2.82. The van der Waals surface area contributed by atoms with Crippen molar-refractivity contribution in [1.29, 1.82) is 0 Å². The fraction of sp³-hybridized carbons (Fsp3) is 0.440. The van der Waals surface area contributed by atoms with Crippen molar-refractivity contribution >= 4 is 17.2 Å². The first-order valence-electron chi connectivity index (χ1n) is 11.3. The van der Waals surface area contributed by atoms with Gasteiger partial charge in [-0.2, -0.15) is 0 Å². The van der Waals surface area contributed by atoms with Crippen molar-refractivity contribution in [2.24, 2.45) is 0 Å². The normalized spacial score (nSPS) is 17.5. The van der Waals surface area contributed by atoms with E-state index >= 15 is 0 Å². The SMILES string of the molecule is Cc1nc2ccc(C(=O)N3CCCCC3)cn2c1-c1cccc(N2CCCCC2)c1. The average molecular weight is 403 g/mol. The van der Waals surface area contributed by atoms with Crippen molar-refractivity contribution in [2.75, 3.05) is 31.1 Å². The van der Waals surface area contributed by atoms with Crippen molar-refractivity contribution in [3.63, 3.8) is 0 Å². The van der Waals surface area contributed by atoms with E-state index in [1.54, 1.807) is 0 Å². The highest BCUT2D eigenvalue weighted by atomic mass is 16.2. The highest BCUT2D eigenvalue weighted by Gasteiger charge is 2.20. The van der Waals surface area contributed by atoms with E-state index in [0.29, 0.717) is 0 Å². The summed E-state index contributed by atoms with van der Waals surface area (Å²) in [5, 5.41) is 0. The smallest absolute Gasteiger partial charge is 0.255 e. The van der Waals surface area contributed by atoms with Gasteiger partial charge in [-0.15, -0.1) is 0 Å². The lowest BCUT2D eigenvalue weighted by Gasteiger charge is -2.29. The zero-order chi connectivity index (χ0) is 20.5. The number of aryl methyl sites for hydroxylation is 1. The molecule has 5 heteroatoms. The van der Waals surface area contributed by atoms with Crippen LogP contribution in [0.2, 0.25) is 0 Å². The molecule has 2 aliphatic heterocycles. The van der Waals surface area contributed by atoms with Gasteiger partial charge in [-0.1, -0.05) is 12.1 Å². The molecule has 1 aromatic carbocycles. The third-order valence-corrected chi connectivity index (χ3v) is 6.52. The Kier molecular flexibility index (Phi) is 5.19. The molecule has 156 valence electrons. The van der Waals surface area contributed by atoms with Gasteiger partial charge in [0.1, 0.15) is 5.65 Å². The zero-order valence-electron chi connectivity index (χ0n) is 17.8. The van der Waals surface area contributed by atoms with Crippen LogP contribution in [0, 0.1) is 6.92 Å². The summed E-state index contributed by atoms with van der Waals surface area (Å²) >= 11 is 0. The van der Waals surface area contributed by atoms with E-state index in [1.165, 1.54) is 31.4 Å². The Labute approximate surface area is 178 Å². The molecule has 0 N–H and O–H groups in total. The number of benzene rings is 1. The summed E-state index contributed by atoms with van der Waals surface area (Å²) in [5.41, 5.74) is 6.15. The van der Waals surface area contributed by atoms with Crippen LogP contribution >= 0.6 is 0 Å². The lowest BCUT2D eigenvalue weighted by Crippen LogP contribution is -2.35. The predicted octanol–water partition coefficient (Wildman–Crippen LogP) is 4.93. The first kappa shape index (κ1) is 19.2. The van der Waals surface area contributed by atoms with E-state index in [0.717, 1.165) is 67.2 Å². The predicted molar refractivity (Wildman–Crippen MR) is 121 cm³/mol. The molecule has 0 aliphatic carbocycles. The van der Waals surface area contributed by atoms with Crippen LogP contribution in [-0.2, 0) is 0 Å². The van der Waals surface area contributed by atoms with Crippen LogP contribution in [0.3, 0.4) is 0 Å². The maximum atomic E-state index is 13.0. The minimum absolute atomic E-state index is 0.135. The van der Waals surface area contributed by atoms with Gasteiger partial charge in [0.25, 0.3) is 5.91 Å². The first-order valence-corrected chi connectivity index (χ1v) is 11.3. The van der Waals surface area contributed by atoms with Gasteiger partial charge in [-0.25, -0.2) is 4.98 Å². The molecule has 0 bridgehead atoms. The molecule has 0 unspecified atom stereocenters. The van der Waals surface area contributed by atoms with Crippen LogP contribution in [-0.4, -0.2) is 46.4 Å². The minimum Gasteiger partial charge on any atom is -0.372 e. The molecule has 1 amide bonds. The summed E-state index contributed by atoms with van der Waals surface area (Å²) in [6.45, 7) is 6.05. The van der Waals surface area contributed by atoms with Crippen LogP contribution in [0.1, 0.15) is 54.6 Å². The summed E-state index contributed by atoms with van der Waals surface area (Å²) in [5.74, 6) is 0.135. The minimum atomic E-state index is 0.135. The fourth-order valence-corrected chi connectivity index (χ4v) is 4.92. The molecular formula is C25H30N4O. The average Bonchev–Trinajstić information content (AvgIpc) is 3.14. The summed E-state index contributed by atoms with van der Waals surface area (Å²) in [6, 6.07) is 12.7. The van der Waals surface area contributed by atoms with Gasteiger partial charge in [0.2, 0.25) is 0 Å². The summed E-state index contributed by atoms with van der Waals surface area (Å²) in [4.78, 5) is 22.3. The van der Waals surface area contributed by atoms with E-state index in [1.807, 2.05) is 23.2 Å². The second-order valence-corrected chi connectivity index (χ2v) is 8.64. The molecule has 5 nitrogen and oxygen atoms in total. The van der Waals surface area contributed by atoms with Gasteiger partial charge in [-0.3, -0.25) is 9.20 Å². The van der Waals surface area contributed by atoms with Crippen molar-refractivity contribution < 1.29 is 4.79 Å². The summed E-state index contributed by atoms with van der Waals surface area (Å²) in [6.07, 6.45) is 9.27. The van der Waals surface area contributed by atoms with E-state index < -0.39 is 0 Å². The number of hydrogen-bond donors (Lipinski definition) is 0. The highest BCUT2D eigenvalue weighted by Crippen LogP contribution is 2.30. The van der Waals surface area contributed by atoms with Gasteiger partial charge in [0.05, 0.1) is 17.0 Å². The van der Waals surface area contributed by atoms with Crippen molar-refractivity contribution in [1.82, 2.24) is 14.3 Å². The molecule has 2 aliphatic rings. The number of fused-ring (bicyclic) bond motifs is 1. The molecule has 0 radical (unpaired) electrons. The molecule has 0 saturated carbocycles. The topological polar surface area (TPSA) is 40.9 Å². The quantitative estimate of drug-likeness (QED) is 0.624. The van der Waals surface area contributed by atoms with Crippen molar-refractivity contribution in [3.8, 4) is 11.3 Å². The number of anilines is 1. The van der Waals surface area contributed by atoms with Gasteiger partial charge in [0.15, 0.2) is 0 Å². The van der Waals surface area contributed by atoms with Crippen LogP contribution in [0.15, 0.2) is 42.6 Å². The standard InChI is InChI=1S/C25H30N4O/c1-19-24(20-9-8-10-22(17-20)27-13-4-2-5-14-27)29-18-21(11-12-23(29)26-19)25(30)28-15-6-3-7-16-28/h8-12,17-18H,2-7,13-16H2,1H3. The molecule has 2 fully saturated rings. The number of hydrogen-bond acceptors (Lipinski definition) is 3. The second kappa shape index (κ2) is 8.13. The molecule has 3 aromatic rings. The van der Waals surface area contributed by atoms with E-state index in [9.17, 15) is 4.79 Å². The molecule has 2 saturated heterocycles. The lowest BCUT2D eigenvalue weighted by atomic mass is 10.1. The molecule has 4 heterocycles. The molecule has 0 spiro atoms. The second-order valence-electron chi connectivity index (χ2n) is 8.64. The highest BCUT2D eigenvalue weighted by molar-refractivity contribution is 5.94. The van der Waals surface area contributed by atoms with Crippen molar-refractivity contribution in [3.05, 3.63) is 53.9 Å². The van der Waals surface area contributed by atoms with E-state index in [4.69, 9.17) is 4.98 Å². The Morgan fingerprint density at radius 1 is 0.900 bits per heavy atom. The Balaban J connectivity index is 1.52. The summed E-state index contributed by atoms with van der Waals surface area (Å²) in [7, 11) is 0. The fourth-order valence-electron chi connectivity index (χ4n) is 4.92. The number of piperidine rings is 2. The number of pyridine rings is 1. The molecule has 5 rings (SSSR count). The Morgan fingerprint density at radius 2 is 1.63 bits per heavy atom. The number of rotatable bonds is 3. The maximum absolute atomic E-state index is 13.0. The Bertz CT molecular complexity index is 1060. The zero-order valence-corrected chi connectivity index (χ0v) is 17.8. The molecule has 0 atom stereocenters. The van der Waals surface area contributed by atoms with Crippen LogP contribution in [0.5, 0.6) is 0 Å². The van der Waals surface area contributed by atoms with Crippen LogP contribution < -0.4 is 4.90 Å². The lowest BCUT2D eigenvalue weighted by molar-refractivity contribution is 0.0724. The number of carbonyl (C=O) groups excluding carboxylic acids is 1. The van der Waals surface area contributed by atoms with Crippen LogP contribution in [0.25, 0.3) is 16.9 Å². The monoisotopic (exact) mass is 402 g/mol. The number of aromatic nitrogens is 2. The van der Waals surface area contributed by atoms with Gasteiger partial charge < -0.3 is 9.80 Å². The third kappa shape index (κ3) is 3.57. The van der Waals surface area contributed by atoms with Gasteiger partial charge in [0, 0.05) is 43.6 Å². The number of likely N-dealkylation sites (tertiary alicyclic amines) is 1.